The number of rotatable bonds is 5. The molecule has 0 aromatic heterocycles. The molecule has 0 atom stereocenters. The van der Waals surface area contributed by atoms with Crippen LogP contribution < -0.4 is 10.5 Å². The number of nitrogens with two attached hydrogens (primary N) is 1. The van der Waals surface area contributed by atoms with E-state index in [1.54, 1.807) is 31.1 Å². The van der Waals surface area contributed by atoms with E-state index < -0.39 is 0 Å². The molecule has 0 saturated carbocycles. The normalized spacial score (nSPS) is 9.88. The second-order valence-electron chi connectivity index (χ2n) is 3.81. The summed E-state index contributed by atoms with van der Waals surface area (Å²) in [6, 6.07) is 7.23. The van der Waals surface area contributed by atoms with Crippen LogP contribution in [0.15, 0.2) is 24.3 Å². The summed E-state index contributed by atoms with van der Waals surface area (Å²) >= 11 is 0. The molecule has 0 unspecified atom stereocenters. The predicted octanol–water partition coefficient (Wildman–Crippen LogP) is 1.52. The number of nitrogens with zero attached hydrogens (tertiary/aromatic N) is 1. The highest BCUT2D eigenvalue weighted by atomic mass is 16.5. The smallest absolute Gasteiger partial charge is 0.222 e. The summed E-state index contributed by atoms with van der Waals surface area (Å²) in [6.45, 7) is 0.545. The summed E-state index contributed by atoms with van der Waals surface area (Å²) in [7, 11) is 3.51. The SMILES string of the molecule is CN(C)C(=O)CCCOc1ccc(N)cc1. The third-order valence-corrected chi connectivity index (χ3v) is 2.18. The summed E-state index contributed by atoms with van der Waals surface area (Å²) in [4.78, 5) is 12.8. The molecule has 88 valence electrons. The average Bonchev–Trinajstić information content (AvgIpc) is 2.26. The van der Waals surface area contributed by atoms with Crippen molar-refractivity contribution < 1.29 is 9.53 Å². The zero-order valence-corrected chi connectivity index (χ0v) is 9.77. The maximum absolute atomic E-state index is 11.3. The average molecular weight is 222 g/mol. The molecule has 0 radical (unpaired) electrons. The quantitative estimate of drug-likeness (QED) is 0.607. The van der Waals surface area contributed by atoms with Crippen LogP contribution in [-0.4, -0.2) is 31.5 Å². The second-order valence-corrected chi connectivity index (χ2v) is 3.81. The standard InChI is InChI=1S/C12H18N2O2/c1-14(2)12(15)4-3-9-16-11-7-5-10(13)6-8-11/h5-8H,3-4,9,13H2,1-2H3. The van der Waals surface area contributed by atoms with Crippen LogP contribution in [0, 0.1) is 0 Å². The van der Waals surface area contributed by atoms with Crippen LogP contribution in [0.2, 0.25) is 0 Å². The number of benzene rings is 1. The fraction of sp³-hybridized carbons (Fsp3) is 0.417. The fourth-order valence-corrected chi connectivity index (χ4v) is 1.20. The van der Waals surface area contributed by atoms with Gasteiger partial charge >= 0.3 is 0 Å². The molecule has 0 spiro atoms. The van der Waals surface area contributed by atoms with Crippen molar-refractivity contribution in [3.8, 4) is 5.75 Å². The molecule has 1 rings (SSSR count). The Bertz CT molecular complexity index is 333. The van der Waals surface area contributed by atoms with Crippen LogP contribution >= 0.6 is 0 Å². The van der Waals surface area contributed by atoms with Crippen LogP contribution in [0.3, 0.4) is 0 Å². The van der Waals surface area contributed by atoms with E-state index in [0.717, 1.165) is 17.9 Å². The first-order valence-corrected chi connectivity index (χ1v) is 5.28. The van der Waals surface area contributed by atoms with Gasteiger partial charge in [0.2, 0.25) is 5.91 Å². The van der Waals surface area contributed by atoms with Crippen molar-refractivity contribution in [1.82, 2.24) is 4.90 Å². The van der Waals surface area contributed by atoms with E-state index in [0.29, 0.717) is 13.0 Å². The zero-order valence-electron chi connectivity index (χ0n) is 9.77. The Morgan fingerprint density at radius 2 is 1.94 bits per heavy atom. The lowest BCUT2D eigenvalue weighted by molar-refractivity contribution is -0.128. The number of anilines is 1. The van der Waals surface area contributed by atoms with Crippen molar-refractivity contribution in [2.24, 2.45) is 0 Å². The van der Waals surface area contributed by atoms with Crippen molar-refractivity contribution >= 4 is 11.6 Å². The highest BCUT2D eigenvalue weighted by Crippen LogP contribution is 2.13. The van der Waals surface area contributed by atoms with Gasteiger partial charge in [-0.15, -0.1) is 0 Å². The van der Waals surface area contributed by atoms with E-state index in [1.807, 2.05) is 12.1 Å². The molecule has 1 aromatic carbocycles. The maximum Gasteiger partial charge on any atom is 0.222 e. The molecular weight excluding hydrogens is 204 g/mol. The predicted molar refractivity (Wildman–Crippen MR) is 64.3 cm³/mol. The van der Waals surface area contributed by atoms with Gasteiger partial charge < -0.3 is 15.4 Å². The van der Waals surface area contributed by atoms with Crippen molar-refractivity contribution in [2.45, 2.75) is 12.8 Å². The van der Waals surface area contributed by atoms with Gasteiger partial charge in [0, 0.05) is 26.2 Å². The number of carbonyl (C=O) groups is 1. The van der Waals surface area contributed by atoms with Crippen LogP contribution in [0.4, 0.5) is 5.69 Å². The van der Waals surface area contributed by atoms with Gasteiger partial charge in [-0.25, -0.2) is 0 Å². The summed E-state index contributed by atoms with van der Waals surface area (Å²) in [6.07, 6.45) is 1.24. The van der Waals surface area contributed by atoms with E-state index in [9.17, 15) is 4.79 Å². The molecule has 4 heteroatoms. The van der Waals surface area contributed by atoms with Crippen molar-refractivity contribution in [3.05, 3.63) is 24.3 Å². The third kappa shape index (κ3) is 4.21. The molecule has 0 heterocycles. The molecule has 0 fully saturated rings. The van der Waals surface area contributed by atoms with Gasteiger partial charge in [0.1, 0.15) is 5.75 Å². The zero-order chi connectivity index (χ0) is 12.0. The first kappa shape index (κ1) is 12.4. The van der Waals surface area contributed by atoms with Crippen LogP contribution in [0.5, 0.6) is 5.75 Å². The Balaban J connectivity index is 2.21. The highest BCUT2D eigenvalue weighted by Gasteiger charge is 2.03. The molecule has 2 N–H and O–H groups in total. The Morgan fingerprint density at radius 3 is 2.50 bits per heavy atom. The summed E-state index contributed by atoms with van der Waals surface area (Å²) in [5.41, 5.74) is 6.27. The molecule has 16 heavy (non-hydrogen) atoms. The van der Waals surface area contributed by atoms with Crippen LogP contribution in [-0.2, 0) is 4.79 Å². The number of hydrogen-bond donors (Lipinski definition) is 1. The number of hydrogen-bond acceptors (Lipinski definition) is 3. The first-order chi connectivity index (χ1) is 7.59. The third-order valence-electron chi connectivity index (χ3n) is 2.18. The van der Waals surface area contributed by atoms with Crippen LogP contribution in [0.1, 0.15) is 12.8 Å². The number of carbonyl (C=O) groups excluding carboxylic acids is 1. The molecule has 0 aliphatic rings. The molecule has 0 saturated heterocycles. The largest absolute Gasteiger partial charge is 0.494 e. The Labute approximate surface area is 96.0 Å². The van der Waals surface area contributed by atoms with Crippen LogP contribution in [0.25, 0.3) is 0 Å². The van der Waals surface area contributed by atoms with Gasteiger partial charge in [0.15, 0.2) is 0 Å². The lowest BCUT2D eigenvalue weighted by Crippen LogP contribution is -2.21. The van der Waals surface area contributed by atoms with Gasteiger partial charge in [0.25, 0.3) is 0 Å². The van der Waals surface area contributed by atoms with E-state index in [4.69, 9.17) is 10.5 Å². The summed E-state index contributed by atoms with van der Waals surface area (Å²) < 4.78 is 5.46. The van der Waals surface area contributed by atoms with Gasteiger partial charge in [0.05, 0.1) is 6.61 Å². The van der Waals surface area contributed by atoms with Crippen molar-refractivity contribution in [3.63, 3.8) is 0 Å². The topological polar surface area (TPSA) is 55.6 Å². The monoisotopic (exact) mass is 222 g/mol. The highest BCUT2D eigenvalue weighted by molar-refractivity contribution is 5.75. The number of ether oxygens (including phenoxy) is 1. The maximum atomic E-state index is 11.3. The Kier molecular flexibility index (Phi) is 4.64. The van der Waals surface area contributed by atoms with E-state index in [2.05, 4.69) is 0 Å². The first-order valence-electron chi connectivity index (χ1n) is 5.28. The fourth-order valence-electron chi connectivity index (χ4n) is 1.20. The molecular formula is C12H18N2O2. The lowest BCUT2D eigenvalue weighted by Gasteiger charge is -2.10. The van der Waals surface area contributed by atoms with Gasteiger partial charge in [-0.3, -0.25) is 4.79 Å². The molecule has 0 aliphatic heterocycles. The number of amides is 1. The summed E-state index contributed by atoms with van der Waals surface area (Å²) in [5, 5.41) is 0. The minimum absolute atomic E-state index is 0.126. The Morgan fingerprint density at radius 1 is 1.31 bits per heavy atom. The second kappa shape index (κ2) is 6.00. The van der Waals surface area contributed by atoms with Gasteiger partial charge in [-0.1, -0.05) is 0 Å². The van der Waals surface area contributed by atoms with Gasteiger partial charge in [-0.05, 0) is 30.7 Å². The Hall–Kier alpha value is -1.71. The summed E-state index contributed by atoms with van der Waals surface area (Å²) in [5.74, 6) is 0.910. The van der Waals surface area contributed by atoms with E-state index >= 15 is 0 Å². The number of nitrogen functional groups attached to an aromatic ring is 1. The lowest BCUT2D eigenvalue weighted by atomic mass is 10.3. The van der Waals surface area contributed by atoms with E-state index in [-0.39, 0.29) is 5.91 Å². The minimum atomic E-state index is 0.126. The van der Waals surface area contributed by atoms with Crippen molar-refractivity contribution in [1.29, 1.82) is 0 Å². The molecule has 0 aliphatic carbocycles. The van der Waals surface area contributed by atoms with Crippen molar-refractivity contribution in [2.75, 3.05) is 26.4 Å². The minimum Gasteiger partial charge on any atom is -0.494 e. The molecule has 0 bridgehead atoms. The molecule has 4 nitrogen and oxygen atoms in total. The van der Waals surface area contributed by atoms with Gasteiger partial charge in [-0.2, -0.15) is 0 Å². The molecule has 1 amide bonds. The van der Waals surface area contributed by atoms with E-state index in [1.165, 1.54) is 0 Å². The molecule has 1 aromatic rings.